The Balaban J connectivity index is 1.99. The van der Waals surface area contributed by atoms with Gasteiger partial charge < -0.3 is 9.67 Å². The van der Waals surface area contributed by atoms with Crippen molar-refractivity contribution in [3.63, 3.8) is 0 Å². The summed E-state index contributed by atoms with van der Waals surface area (Å²) in [5.74, 6) is 0. The monoisotopic (exact) mass is 394 g/mol. The smallest absolute Gasteiger partial charge is 0.108 e. The van der Waals surface area contributed by atoms with E-state index in [0.29, 0.717) is 5.02 Å². The quantitative estimate of drug-likeness (QED) is 0.470. The SMILES string of the molecule is Cc1ccc(-c2c(C(O)c3cccnc3)c(-c3cccs3)cn2C)c(Cl)c1. The number of rotatable bonds is 4. The molecule has 0 saturated heterocycles. The zero-order valence-corrected chi connectivity index (χ0v) is 16.6. The molecule has 0 aliphatic carbocycles. The summed E-state index contributed by atoms with van der Waals surface area (Å²) >= 11 is 8.24. The van der Waals surface area contributed by atoms with Crippen molar-refractivity contribution < 1.29 is 5.11 Å². The van der Waals surface area contributed by atoms with Gasteiger partial charge in [-0.2, -0.15) is 0 Å². The molecule has 5 heteroatoms. The van der Waals surface area contributed by atoms with Crippen molar-refractivity contribution in [2.45, 2.75) is 13.0 Å². The lowest BCUT2D eigenvalue weighted by Gasteiger charge is -2.16. The molecule has 3 aromatic heterocycles. The van der Waals surface area contributed by atoms with Gasteiger partial charge in [0, 0.05) is 52.8 Å². The Morgan fingerprint density at radius 3 is 2.67 bits per heavy atom. The number of aliphatic hydroxyl groups excluding tert-OH is 1. The van der Waals surface area contributed by atoms with E-state index < -0.39 is 6.10 Å². The number of pyridine rings is 1. The van der Waals surface area contributed by atoms with Gasteiger partial charge in [0.2, 0.25) is 0 Å². The third-order valence-electron chi connectivity index (χ3n) is 4.66. The first-order chi connectivity index (χ1) is 13.1. The summed E-state index contributed by atoms with van der Waals surface area (Å²) in [6.45, 7) is 2.02. The van der Waals surface area contributed by atoms with E-state index in [0.717, 1.165) is 38.4 Å². The molecule has 4 rings (SSSR count). The maximum Gasteiger partial charge on any atom is 0.108 e. The van der Waals surface area contributed by atoms with Crippen LogP contribution >= 0.6 is 22.9 Å². The molecule has 1 aromatic carbocycles. The summed E-state index contributed by atoms with van der Waals surface area (Å²) in [5, 5.41) is 14.0. The van der Waals surface area contributed by atoms with Crippen molar-refractivity contribution in [2.24, 2.45) is 7.05 Å². The molecule has 1 unspecified atom stereocenters. The number of halogens is 1. The van der Waals surface area contributed by atoms with Gasteiger partial charge in [-0.25, -0.2) is 0 Å². The summed E-state index contributed by atoms with van der Waals surface area (Å²) in [6.07, 6.45) is 4.67. The molecule has 0 saturated carbocycles. The van der Waals surface area contributed by atoms with E-state index in [1.807, 2.05) is 60.3 Å². The Morgan fingerprint density at radius 1 is 1.15 bits per heavy atom. The molecule has 3 nitrogen and oxygen atoms in total. The van der Waals surface area contributed by atoms with Crippen LogP contribution in [0, 0.1) is 6.92 Å². The predicted molar refractivity (Wildman–Crippen MR) is 112 cm³/mol. The molecule has 0 aliphatic heterocycles. The molecule has 136 valence electrons. The van der Waals surface area contributed by atoms with Gasteiger partial charge in [0.25, 0.3) is 0 Å². The highest BCUT2D eigenvalue weighted by atomic mass is 35.5. The van der Waals surface area contributed by atoms with Crippen molar-refractivity contribution in [3.8, 4) is 21.7 Å². The average molecular weight is 395 g/mol. The molecule has 4 aromatic rings. The Morgan fingerprint density at radius 2 is 2.00 bits per heavy atom. The standard InChI is InChI=1S/C22H19ClN2OS/c1-14-7-8-16(18(23)11-14)21-20(22(26)15-5-3-9-24-12-15)17(13-25(21)2)19-6-4-10-27-19/h3-13,22,26H,1-2H3. The summed E-state index contributed by atoms with van der Waals surface area (Å²) in [6, 6.07) is 13.8. The first-order valence-corrected chi connectivity index (χ1v) is 9.89. The third kappa shape index (κ3) is 3.32. The minimum atomic E-state index is -0.802. The number of benzene rings is 1. The minimum Gasteiger partial charge on any atom is -0.383 e. The number of hydrogen-bond donors (Lipinski definition) is 1. The second kappa shape index (κ2) is 7.31. The zero-order valence-electron chi connectivity index (χ0n) is 15.1. The fourth-order valence-electron chi connectivity index (χ4n) is 3.40. The first kappa shape index (κ1) is 18.0. The summed E-state index contributed by atoms with van der Waals surface area (Å²) in [5.41, 5.74) is 5.54. The van der Waals surface area contributed by atoms with Crippen LogP contribution in [0.2, 0.25) is 5.02 Å². The highest BCUT2D eigenvalue weighted by Crippen LogP contribution is 2.43. The van der Waals surface area contributed by atoms with Gasteiger partial charge in [0.1, 0.15) is 6.10 Å². The molecule has 0 radical (unpaired) electrons. The maximum absolute atomic E-state index is 11.3. The highest BCUT2D eigenvalue weighted by Gasteiger charge is 2.26. The molecule has 1 N–H and O–H groups in total. The lowest BCUT2D eigenvalue weighted by molar-refractivity contribution is 0.221. The lowest BCUT2D eigenvalue weighted by Crippen LogP contribution is -2.04. The van der Waals surface area contributed by atoms with Crippen molar-refractivity contribution in [3.05, 3.63) is 88.1 Å². The summed E-state index contributed by atoms with van der Waals surface area (Å²) < 4.78 is 2.04. The Hall–Kier alpha value is -2.40. The molecule has 3 heterocycles. The van der Waals surface area contributed by atoms with E-state index in [-0.39, 0.29) is 0 Å². The van der Waals surface area contributed by atoms with E-state index in [2.05, 4.69) is 17.2 Å². The largest absolute Gasteiger partial charge is 0.383 e. The lowest BCUT2D eigenvalue weighted by atomic mass is 9.95. The van der Waals surface area contributed by atoms with Crippen LogP contribution in [0.1, 0.15) is 22.8 Å². The van der Waals surface area contributed by atoms with Crippen LogP contribution in [-0.4, -0.2) is 14.7 Å². The summed E-state index contributed by atoms with van der Waals surface area (Å²) in [4.78, 5) is 5.28. The number of aryl methyl sites for hydroxylation is 2. The van der Waals surface area contributed by atoms with Crippen molar-refractivity contribution in [1.29, 1.82) is 0 Å². The Kier molecular flexibility index (Phi) is 4.87. The van der Waals surface area contributed by atoms with Crippen LogP contribution in [0.15, 0.2) is 66.4 Å². The second-order valence-corrected chi connectivity index (χ2v) is 7.92. The normalized spacial score (nSPS) is 12.3. The van der Waals surface area contributed by atoms with Crippen LogP contribution in [0.25, 0.3) is 21.7 Å². The van der Waals surface area contributed by atoms with Gasteiger partial charge in [0.15, 0.2) is 0 Å². The fraction of sp³-hybridized carbons (Fsp3) is 0.136. The van der Waals surface area contributed by atoms with Crippen LogP contribution in [0.5, 0.6) is 0 Å². The summed E-state index contributed by atoms with van der Waals surface area (Å²) in [7, 11) is 1.99. The van der Waals surface area contributed by atoms with Crippen molar-refractivity contribution in [1.82, 2.24) is 9.55 Å². The highest BCUT2D eigenvalue weighted by molar-refractivity contribution is 7.13. The van der Waals surface area contributed by atoms with E-state index in [1.54, 1.807) is 23.7 Å². The van der Waals surface area contributed by atoms with Crippen LogP contribution < -0.4 is 0 Å². The number of nitrogens with zero attached hydrogens (tertiary/aromatic N) is 2. The molecular weight excluding hydrogens is 376 g/mol. The molecule has 27 heavy (non-hydrogen) atoms. The van der Waals surface area contributed by atoms with Gasteiger partial charge >= 0.3 is 0 Å². The second-order valence-electron chi connectivity index (χ2n) is 6.57. The topological polar surface area (TPSA) is 38.1 Å². The molecule has 1 atom stereocenters. The number of aromatic nitrogens is 2. The molecule has 0 bridgehead atoms. The third-order valence-corrected chi connectivity index (χ3v) is 5.88. The van der Waals surface area contributed by atoms with Gasteiger partial charge in [-0.1, -0.05) is 35.9 Å². The van der Waals surface area contributed by atoms with Crippen LogP contribution in [-0.2, 0) is 7.05 Å². The van der Waals surface area contributed by atoms with Gasteiger partial charge in [-0.05, 0) is 36.1 Å². The molecule has 0 fully saturated rings. The van der Waals surface area contributed by atoms with Crippen LogP contribution in [0.4, 0.5) is 0 Å². The number of hydrogen-bond acceptors (Lipinski definition) is 3. The molecular formula is C22H19ClN2OS. The van der Waals surface area contributed by atoms with Crippen molar-refractivity contribution >= 4 is 22.9 Å². The van der Waals surface area contributed by atoms with E-state index >= 15 is 0 Å². The fourth-order valence-corrected chi connectivity index (χ4v) is 4.48. The predicted octanol–water partition coefficient (Wildman–Crippen LogP) is 5.86. The van der Waals surface area contributed by atoms with E-state index in [1.165, 1.54) is 0 Å². The van der Waals surface area contributed by atoms with Gasteiger partial charge in [-0.3, -0.25) is 4.98 Å². The van der Waals surface area contributed by atoms with Crippen molar-refractivity contribution in [2.75, 3.05) is 0 Å². The Labute approximate surface area is 167 Å². The average Bonchev–Trinajstić information content (AvgIpc) is 3.30. The molecule has 0 amide bonds. The zero-order chi connectivity index (χ0) is 19.0. The molecule has 0 aliphatic rings. The Bertz CT molecular complexity index is 1070. The maximum atomic E-state index is 11.3. The number of aliphatic hydroxyl groups is 1. The number of thiophene rings is 1. The first-order valence-electron chi connectivity index (χ1n) is 8.64. The van der Waals surface area contributed by atoms with E-state index in [4.69, 9.17) is 11.6 Å². The van der Waals surface area contributed by atoms with E-state index in [9.17, 15) is 5.11 Å². The minimum absolute atomic E-state index is 0.675. The van der Waals surface area contributed by atoms with Crippen LogP contribution in [0.3, 0.4) is 0 Å². The van der Waals surface area contributed by atoms with Gasteiger partial charge in [-0.15, -0.1) is 11.3 Å². The van der Waals surface area contributed by atoms with Gasteiger partial charge in [0.05, 0.1) is 10.7 Å². The molecule has 0 spiro atoms.